The number of carbonyl (C=O) groups excluding carboxylic acids is 1. The summed E-state index contributed by atoms with van der Waals surface area (Å²) >= 11 is 0. The first-order valence-corrected chi connectivity index (χ1v) is 6.21. The van der Waals surface area contributed by atoms with E-state index in [-0.39, 0.29) is 24.3 Å². The van der Waals surface area contributed by atoms with Crippen LogP contribution < -0.4 is 10.1 Å². The van der Waals surface area contributed by atoms with E-state index in [1.165, 1.54) is 18.2 Å². The fourth-order valence-corrected chi connectivity index (χ4v) is 2.00. The summed E-state index contributed by atoms with van der Waals surface area (Å²) in [5.74, 6) is -5.91. The van der Waals surface area contributed by atoms with E-state index >= 15 is 0 Å². The van der Waals surface area contributed by atoms with E-state index in [1.807, 2.05) is 5.32 Å². The lowest BCUT2D eigenvalue weighted by atomic mass is 9.75. The van der Waals surface area contributed by atoms with Gasteiger partial charge < -0.3 is 15.2 Å². The molecular formula is C13H13F4NO3. The molecule has 1 saturated carbocycles. The Morgan fingerprint density at radius 3 is 2.57 bits per heavy atom. The smallest absolute Gasteiger partial charge is 0.387 e. The third kappa shape index (κ3) is 3.10. The highest BCUT2D eigenvalue weighted by Crippen LogP contribution is 2.44. The highest BCUT2D eigenvalue weighted by Gasteiger charge is 2.61. The summed E-state index contributed by atoms with van der Waals surface area (Å²) in [6.07, 6.45) is 0.0843. The van der Waals surface area contributed by atoms with Gasteiger partial charge >= 0.3 is 12.5 Å². The molecule has 21 heavy (non-hydrogen) atoms. The number of halogens is 4. The Bertz CT molecular complexity index is 532. The topological polar surface area (TPSA) is 58.6 Å². The van der Waals surface area contributed by atoms with Crippen LogP contribution in [0.15, 0.2) is 24.3 Å². The predicted octanol–water partition coefficient (Wildman–Crippen LogP) is 2.78. The standard InChI is InChI=1S/C13H13F4NO3/c14-11(15)21-9-4-1-3-8(7-9)18-10(19)13(16,17)12(20)5-2-6-12/h1,3-4,7,11,20H,2,5-6H2,(H,18,19). The zero-order valence-corrected chi connectivity index (χ0v) is 10.8. The Kier molecular flexibility index (Phi) is 4.08. The monoisotopic (exact) mass is 307 g/mol. The summed E-state index contributed by atoms with van der Waals surface area (Å²) in [4.78, 5) is 11.6. The molecule has 2 rings (SSSR count). The average molecular weight is 307 g/mol. The van der Waals surface area contributed by atoms with Gasteiger partial charge in [0.05, 0.1) is 0 Å². The van der Waals surface area contributed by atoms with Crippen LogP contribution >= 0.6 is 0 Å². The molecular weight excluding hydrogens is 294 g/mol. The lowest BCUT2D eigenvalue weighted by molar-refractivity contribution is -0.212. The first kappa shape index (κ1) is 15.6. The zero-order valence-electron chi connectivity index (χ0n) is 10.8. The van der Waals surface area contributed by atoms with Crippen LogP contribution in [0.1, 0.15) is 19.3 Å². The lowest BCUT2D eigenvalue weighted by Crippen LogP contribution is -2.59. The largest absolute Gasteiger partial charge is 0.435 e. The molecule has 0 aliphatic heterocycles. The molecule has 8 heteroatoms. The molecule has 116 valence electrons. The number of alkyl halides is 4. The minimum Gasteiger partial charge on any atom is -0.435 e. The van der Waals surface area contributed by atoms with Crippen molar-refractivity contribution in [1.82, 2.24) is 0 Å². The van der Waals surface area contributed by atoms with E-state index in [4.69, 9.17) is 0 Å². The van der Waals surface area contributed by atoms with Crippen LogP contribution in [0.4, 0.5) is 23.2 Å². The number of amides is 1. The van der Waals surface area contributed by atoms with Crippen molar-refractivity contribution in [3.63, 3.8) is 0 Å². The molecule has 1 aromatic rings. The second-order valence-corrected chi connectivity index (χ2v) is 4.82. The molecule has 0 heterocycles. The normalized spacial score (nSPS) is 17.2. The number of nitrogens with one attached hydrogen (secondary N) is 1. The van der Waals surface area contributed by atoms with Crippen LogP contribution in [0.5, 0.6) is 5.75 Å². The van der Waals surface area contributed by atoms with Crippen molar-refractivity contribution in [2.75, 3.05) is 5.32 Å². The van der Waals surface area contributed by atoms with Crippen molar-refractivity contribution in [3.8, 4) is 5.75 Å². The van der Waals surface area contributed by atoms with Crippen molar-refractivity contribution in [3.05, 3.63) is 24.3 Å². The maximum atomic E-state index is 13.8. The van der Waals surface area contributed by atoms with E-state index in [1.54, 1.807) is 0 Å². The SMILES string of the molecule is O=C(Nc1cccc(OC(F)F)c1)C(F)(F)C1(O)CCC1. The molecule has 1 aliphatic carbocycles. The average Bonchev–Trinajstić information content (AvgIpc) is 2.35. The fourth-order valence-electron chi connectivity index (χ4n) is 2.00. The summed E-state index contributed by atoms with van der Waals surface area (Å²) in [6, 6.07) is 4.70. The van der Waals surface area contributed by atoms with Gasteiger partial charge in [-0.15, -0.1) is 0 Å². The quantitative estimate of drug-likeness (QED) is 0.822. The molecule has 4 nitrogen and oxygen atoms in total. The molecule has 0 radical (unpaired) electrons. The molecule has 0 atom stereocenters. The van der Waals surface area contributed by atoms with Gasteiger partial charge in [-0.3, -0.25) is 4.79 Å². The molecule has 1 amide bonds. The van der Waals surface area contributed by atoms with Gasteiger partial charge in [-0.1, -0.05) is 6.07 Å². The summed E-state index contributed by atoms with van der Waals surface area (Å²) in [5.41, 5.74) is -2.46. The Labute approximate surface area is 117 Å². The predicted molar refractivity (Wildman–Crippen MR) is 65.5 cm³/mol. The van der Waals surface area contributed by atoms with Gasteiger partial charge in [-0.05, 0) is 31.4 Å². The van der Waals surface area contributed by atoms with Crippen LogP contribution in [0, 0.1) is 0 Å². The molecule has 0 bridgehead atoms. The minimum atomic E-state index is -3.95. The Hall–Kier alpha value is -1.83. The van der Waals surface area contributed by atoms with Gasteiger partial charge in [0, 0.05) is 11.8 Å². The number of benzene rings is 1. The molecule has 0 saturated heterocycles. The van der Waals surface area contributed by atoms with Crippen molar-refractivity contribution in [2.24, 2.45) is 0 Å². The third-order valence-corrected chi connectivity index (χ3v) is 3.37. The van der Waals surface area contributed by atoms with Crippen LogP contribution in [0.2, 0.25) is 0 Å². The van der Waals surface area contributed by atoms with Gasteiger partial charge in [0.25, 0.3) is 5.91 Å². The van der Waals surface area contributed by atoms with E-state index in [9.17, 15) is 27.5 Å². The molecule has 0 aromatic heterocycles. The van der Waals surface area contributed by atoms with Gasteiger partial charge in [-0.25, -0.2) is 0 Å². The van der Waals surface area contributed by atoms with Gasteiger partial charge in [0.1, 0.15) is 11.4 Å². The Morgan fingerprint density at radius 2 is 2.05 bits per heavy atom. The van der Waals surface area contributed by atoms with Crippen molar-refractivity contribution in [2.45, 2.75) is 37.4 Å². The number of rotatable bonds is 5. The Balaban J connectivity index is 2.09. The number of anilines is 1. The molecule has 1 aromatic carbocycles. The second kappa shape index (κ2) is 5.51. The third-order valence-electron chi connectivity index (χ3n) is 3.37. The van der Waals surface area contributed by atoms with Crippen LogP contribution in [-0.2, 0) is 4.79 Å². The van der Waals surface area contributed by atoms with Gasteiger partial charge in [0.15, 0.2) is 0 Å². The highest BCUT2D eigenvalue weighted by atomic mass is 19.3. The summed E-state index contributed by atoms with van der Waals surface area (Å²) in [6.45, 7) is -3.06. The number of aliphatic hydroxyl groups is 1. The first-order chi connectivity index (χ1) is 9.74. The summed E-state index contributed by atoms with van der Waals surface area (Å²) in [5, 5.41) is 11.5. The molecule has 1 aliphatic rings. The van der Waals surface area contributed by atoms with E-state index in [2.05, 4.69) is 4.74 Å². The van der Waals surface area contributed by atoms with Crippen LogP contribution in [0.25, 0.3) is 0 Å². The molecule has 1 fully saturated rings. The number of ether oxygens (including phenoxy) is 1. The number of hydrogen-bond acceptors (Lipinski definition) is 3. The fraction of sp³-hybridized carbons (Fsp3) is 0.462. The number of hydrogen-bond donors (Lipinski definition) is 2. The Morgan fingerprint density at radius 1 is 1.38 bits per heavy atom. The van der Waals surface area contributed by atoms with Crippen molar-refractivity contribution < 1.29 is 32.2 Å². The molecule has 2 N–H and O–H groups in total. The maximum Gasteiger partial charge on any atom is 0.387 e. The van der Waals surface area contributed by atoms with E-state index in [0.717, 1.165) is 6.07 Å². The van der Waals surface area contributed by atoms with Gasteiger partial charge in [-0.2, -0.15) is 17.6 Å². The number of carbonyl (C=O) groups is 1. The summed E-state index contributed by atoms with van der Waals surface area (Å²) < 4.78 is 55.9. The lowest BCUT2D eigenvalue weighted by Gasteiger charge is -2.41. The second-order valence-electron chi connectivity index (χ2n) is 4.82. The first-order valence-electron chi connectivity index (χ1n) is 6.21. The van der Waals surface area contributed by atoms with Crippen LogP contribution in [-0.4, -0.2) is 29.1 Å². The summed E-state index contributed by atoms with van der Waals surface area (Å²) in [7, 11) is 0. The van der Waals surface area contributed by atoms with Crippen LogP contribution in [0.3, 0.4) is 0 Å². The highest BCUT2D eigenvalue weighted by molar-refractivity contribution is 5.97. The van der Waals surface area contributed by atoms with Crippen molar-refractivity contribution in [1.29, 1.82) is 0 Å². The van der Waals surface area contributed by atoms with E-state index in [0.29, 0.717) is 6.42 Å². The minimum absolute atomic E-state index is 0.124. The maximum absolute atomic E-state index is 13.8. The van der Waals surface area contributed by atoms with Gasteiger partial charge in [0.2, 0.25) is 0 Å². The van der Waals surface area contributed by atoms with Crippen molar-refractivity contribution >= 4 is 11.6 Å². The zero-order chi connectivity index (χ0) is 15.7. The van der Waals surface area contributed by atoms with E-state index < -0.39 is 24.0 Å². The molecule has 0 spiro atoms. The molecule has 0 unspecified atom stereocenters.